The van der Waals surface area contributed by atoms with Gasteiger partial charge in [-0.05, 0) is 0 Å². The van der Waals surface area contributed by atoms with Gasteiger partial charge in [0.2, 0.25) is 0 Å². The van der Waals surface area contributed by atoms with Crippen LogP contribution in [0.1, 0.15) is 0 Å². The molecule has 0 rings (SSSR count). The van der Waals surface area contributed by atoms with E-state index in [9.17, 15) is 43.9 Å². The molecule has 0 bridgehead atoms. The summed E-state index contributed by atoms with van der Waals surface area (Å²) >= 11 is 0. The summed E-state index contributed by atoms with van der Waals surface area (Å²) < 4.78 is 122. The summed E-state index contributed by atoms with van der Waals surface area (Å²) in [6.07, 6.45) is -23.5. The van der Waals surface area contributed by atoms with Crippen LogP contribution in [-0.4, -0.2) is 37.8 Å². The molecule has 0 unspecified atom stereocenters. The molecule has 0 aliphatic carbocycles. The van der Waals surface area contributed by atoms with E-state index in [4.69, 9.17) is 0 Å². The smallest absolute Gasteiger partial charge is 0.311 e. The highest BCUT2D eigenvalue weighted by Gasteiger charge is 2.61. The molecule has 0 fully saturated rings. The zero-order chi connectivity index (χ0) is 14.8. The van der Waals surface area contributed by atoms with Crippen molar-refractivity contribution in [2.75, 3.05) is 13.2 Å². The fourth-order valence-electron chi connectivity index (χ4n) is 0.503. The number of halogens is 10. The Morgan fingerprint density at radius 1 is 0.500 bits per heavy atom. The van der Waals surface area contributed by atoms with Gasteiger partial charge in [0.15, 0.2) is 0 Å². The van der Waals surface area contributed by atoms with Crippen molar-refractivity contribution < 1.29 is 53.4 Å². The molecule has 110 valence electrons. The van der Waals surface area contributed by atoms with Crippen LogP contribution in [0.3, 0.4) is 0 Å². The van der Waals surface area contributed by atoms with Crippen LogP contribution in [0.4, 0.5) is 43.9 Å². The predicted octanol–water partition coefficient (Wildman–Crippen LogP) is 3.33. The van der Waals surface area contributed by atoms with E-state index < -0.39 is 37.8 Å². The quantitative estimate of drug-likeness (QED) is 0.572. The molecule has 2 nitrogen and oxygen atoms in total. The summed E-state index contributed by atoms with van der Waals surface area (Å²) in [5.74, 6) is 0. The van der Waals surface area contributed by atoms with Crippen molar-refractivity contribution >= 4 is 0 Å². The topological polar surface area (TPSA) is 18.5 Å². The molecule has 0 aromatic heterocycles. The Morgan fingerprint density at radius 2 is 0.722 bits per heavy atom. The average molecular weight is 298 g/mol. The lowest BCUT2D eigenvalue weighted by atomic mass is 10.6. The average Bonchev–Trinajstić information content (AvgIpc) is 2.08. The van der Waals surface area contributed by atoms with E-state index in [1.54, 1.807) is 0 Å². The van der Waals surface area contributed by atoms with Gasteiger partial charge in [-0.1, -0.05) is 0 Å². The largest absolute Gasteiger partial charge is 0.482 e. The highest BCUT2D eigenvalue weighted by atomic mass is 19.4. The van der Waals surface area contributed by atoms with E-state index >= 15 is 0 Å². The molecule has 0 spiro atoms. The molecule has 0 N–H and O–H groups in total. The first kappa shape index (κ1) is 17.2. The molecule has 0 saturated carbocycles. The minimum Gasteiger partial charge on any atom is -0.311 e. The van der Waals surface area contributed by atoms with Gasteiger partial charge in [0, 0.05) is 0 Å². The van der Waals surface area contributed by atoms with Crippen LogP contribution in [-0.2, 0) is 9.47 Å². The summed E-state index contributed by atoms with van der Waals surface area (Å²) in [5, 5.41) is 0. The van der Waals surface area contributed by atoms with Crippen LogP contribution in [0.15, 0.2) is 0 Å². The number of rotatable bonds is 5. The molecule has 0 atom stereocenters. The molecule has 0 aliphatic rings. The second-order valence-electron chi connectivity index (χ2n) is 2.73. The van der Waals surface area contributed by atoms with Gasteiger partial charge in [-0.25, -0.2) is 0 Å². The maximum absolute atomic E-state index is 12.0. The molecular formula is C6H4F10O2. The van der Waals surface area contributed by atoms with Crippen molar-refractivity contribution in [2.24, 2.45) is 0 Å². The zero-order valence-corrected chi connectivity index (χ0v) is 8.01. The lowest BCUT2D eigenvalue weighted by molar-refractivity contribution is -0.410. The van der Waals surface area contributed by atoms with Crippen molar-refractivity contribution in [2.45, 2.75) is 24.6 Å². The summed E-state index contributed by atoms with van der Waals surface area (Å²) in [6.45, 7) is -3.61. The van der Waals surface area contributed by atoms with Gasteiger partial charge in [0.05, 0.1) is 13.2 Å². The normalized spacial score (nSPS) is 15.0. The molecule has 0 amide bonds. The van der Waals surface area contributed by atoms with Gasteiger partial charge in [0.1, 0.15) is 0 Å². The van der Waals surface area contributed by atoms with Crippen LogP contribution in [0.2, 0.25) is 0 Å². The van der Waals surface area contributed by atoms with Gasteiger partial charge in [0.25, 0.3) is 0 Å². The van der Waals surface area contributed by atoms with E-state index in [-0.39, 0.29) is 0 Å². The van der Waals surface area contributed by atoms with Crippen molar-refractivity contribution in [3.8, 4) is 0 Å². The third-order valence-electron chi connectivity index (χ3n) is 1.31. The zero-order valence-electron chi connectivity index (χ0n) is 8.01. The maximum Gasteiger partial charge on any atom is 0.482 e. The number of hydrogen-bond acceptors (Lipinski definition) is 2. The molecule has 0 radical (unpaired) electrons. The SMILES string of the molecule is FC(F)(F)C(F)(F)OCCOC(F)(F)C(F)(F)F. The Labute approximate surface area is 92.4 Å². The van der Waals surface area contributed by atoms with Gasteiger partial charge in [-0.2, -0.15) is 43.9 Å². The summed E-state index contributed by atoms with van der Waals surface area (Å²) in [6, 6.07) is 0. The fourth-order valence-corrected chi connectivity index (χ4v) is 0.503. The molecular weight excluding hydrogens is 294 g/mol. The molecule has 0 saturated heterocycles. The lowest BCUT2D eigenvalue weighted by Gasteiger charge is -2.21. The Morgan fingerprint density at radius 3 is 0.889 bits per heavy atom. The number of hydrogen-bond donors (Lipinski definition) is 0. The van der Waals surface area contributed by atoms with Gasteiger partial charge < -0.3 is 9.47 Å². The first-order valence-electron chi connectivity index (χ1n) is 3.88. The van der Waals surface area contributed by atoms with Crippen molar-refractivity contribution in [1.29, 1.82) is 0 Å². The van der Waals surface area contributed by atoms with Crippen molar-refractivity contribution in [3.63, 3.8) is 0 Å². The van der Waals surface area contributed by atoms with E-state index in [2.05, 4.69) is 9.47 Å². The molecule has 12 heteroatoms. The Kier molecular flexibility index (Phi) is 4.85. The van der Waals surface area contributed by atoms with Crippen LogP contribution in [0.5, 0.6) is 0 Å². The Bertz CT molecular complexity index is 239. The first-order chi connectivity index (χ1) is 7.71. The highest BCUT2D eigenvalue weighted by molar-refractivity contribution is 4.65. The molecule has 0 aromatic carbocycles. The van der Waals surface area contributed by atoms with E-state index in [1.807, 2.05) is 0 Å². The first-order valence-corrected chi connectivity index (χ1v) is 3.88. The molecule has 18 heavy (non-hydrogen) atoms. The van der Waals surface area contributed by atoms with Crippen molar-refractivity contribution in [1.82, 2.24) is 0 Å². The lowest BCUT2D eigenvalue weighted by Crippen LogP contribution is -2.42. The number of alkyl halides is 10. The van der Waals surface area contributed by atoms with Gasteiger partial charge in [-0.15, -0.1) is 0 Å². The highest BCUT2D eigenvalue weighted by Crippen LogP contribution is 2.37. The fraction of sp³-hybridized carbons (Fsp3) is 1.00. The van der Waals surface area contributed by atoms with E-state index in [0.717, 1.165) is 0 Å². The predicted molar refractivity (Wildman–Crippen MR) is 33.9 cm³/mol. The summed E-state index contributed by atoms with van der Waals surface area (Å²) in [4.78, 5) is 0. The summed E-state index contributed by atoms with van der Waals surface area (Å²) in [5.41, 5.74) is 0. The molecule has 0 aliphatic heterocycles. The third kappa shape index (κ3) is 4.48. The minimum absolute atomic E-state index is 1.81. The summed E-state index contributed by atoms with van der Waals surface area (Å²) in [7, 11) is 0. The van der Waals surface area contributed by atoms with Crippen LogP contribution in [0.25, 0.3) is 0 Å². The van der Waals surface area contributed by atoms with Crippen LogP contribution in [0, 0.1) is 0 Å². The molecule has 0 aromatic rings. The molecule has 0 heterocycles. The van der Waals surface area contributed by atoms with Gasteiger partial charge in [-0.3, -0.25) is 0 Å². The number of ether oxygens (including phenoxy) is 2. The van der Waals surface area contributed by atoms with Crippen molar-refractivity contribution in [3.05, 3.63) is 0 Å². The minimum atomic E-state index is -6.11. The second-order valence-corrected chi connectivity index (χ2v) is 2.73. The van der Waals surface area contributed by atoms with Gasteiger partial charge >= 0.3 is 24.6 Å². The monoisotopic (exact) mass is 298 g/mol. The second kappa shape index (κ2) is 5.07. The van der Waals surface area contributed by atoms with E-state index in [0.29, 0.717) is 0 Å². The Hall–Kier alpha value is -0.780. The van der Waals surface area contributed by atoms with Crippen LogP contribution >= 0.6 is 0 Å². The van der Waals surface area contributed by atoms with Crippen LogP contribution < -0.4 is 0 Å². The standard InChI is InChI=1S/C6H4F10O2/c7-3(8,9)5(13,14)17-1-2-18-6(15,16)4(10,11)12/h1-2H2. The third-order valence-corrected chi connectivity index (χ3v) is 1.31. The Balaban J connectivity index is 4.17. The van der Waals surface area contributed by atoms with E-state index in [1.165, 1.54) is 0 Å². The maximum atomic E-state index is 12.0.